The Morgan fingerprint density at radius 1 is 1.10 bits per heavy atom. The number of thiazole rings is 1. The second-order valence-corrected chi connectivity index (χ2v) is 7.99. The van der Waals surface area contributed by atoms with Gasteiger partial charge in [-0.1, -0.05) is 30.3 Å². The lowest BCUT2D eigenvalue weighted by atomic mass is 10.2. The first kappa shape index (κ1) is 20.7. The van der Waals surface area contributed by atoms with Gasteiger partial charge in [0.2, 0.25) is 0 Å². The van der Waals surface area contributed by atoms with Gasteiger partial charge in [-0.25, -0.2) is 9.37 Å². The SMILES string of the molecule is O=C(c1ccc(F)cc1)N(CCCN1CCOCC1)c1nc(-c2ccccc2)cs1. The monoisotopic (exact) mass is 425 g/mol. The number of carbonyl (C=O) groups is 1. The minimum absolute atomic E-state index is 0.161. The predicted octanol–water partition coefficient (Wildman–Crippen LogP) is 4.32. The van der Waals surface area contributed by atoms with Gasteiger partial charge < -0.3 is 4.74 Å². The maximum Gasteiger partial charge on any atom is 0.260 e. The quantitative estimate of drug-likeness (QED) is 0.566. The van der Waals surface area contributed by atoms with Gasteiger partial charge in [-0.2, -0.15) is 0 Å². The fourth-order valence-corrected chi connectivity index (χ4v) is 4.30. The molecule has 0 aliphatic carbocycles. The van der Waals surface area contributed by atoms with Crippen LogP contribution in [0, 0.1) is 5.82 Å². The number of nitrogens with zero attached hydrogens (tertiary/aromatic N) is 3. The zero-order chi connectivity index (χ0) is 20.8. The van der Waals surface area contributed by atoms with Crippen molar-refractivity contribution < 1.29 is 13.9 Å². The van der Waals surface area contributed by atoms with Crippen molar-refractivity contribution in [3.8, 4) is 11.3 Å². The molecular weight excluding hydrogens is 401 g/mol. The minimum Gasteiger partial charge on any atom is -0.379 e. The Morgan fingerprint density at radius 2 is 1.83 bits per heavy atom. The highest BCUT2D eigenvalue weighted by atomic mass is 32.1. The highest BCUT2D eigenvalue weighted by Gasteiger charge is 2.22. The highest BCUT2D eigenvalue weighted by Crippen LogP contribution is 2.28. The number of amides is 1. The Bertz CT molecular complexity index is 956. The van der Waals surface area contributed by atoms with Crippen LogP contribution in [-0.2, 0) is 4.74 Å². The molecule has 1 aromatic heterocycles. The van der Waals surface area contributed by atoms with Gasteiger partial charge in [-0.15, -0.1) is 11.3 Å². The second kappa shape index (κ2) is 9.93. The summed E-state index contributed by atoms with van der Waals surface area (Å²) in [6.45, 7) is 4.79. The van der Waals surface area contributed by atoms with Gasteiger partial charge in [-0.05, 0) is 30.7 Å². The van der Waals surface area contributed by atoms with Gasteiger partial charge in [0, 0.05) is 42.7 Å². The fourth-order valence-electron chi connectivity index (χ4n) is 3.44. The molecule has 30 heavy (non-hydrogen) atoms. The highest BCUT2D eigenvalue weighted by molar-refractivity contribution is 7.14. The van der Waals surface area contributed by atoms with Crippen molar-refractivity contribution >= 4 is 22.4 Å². The van der Waals surface area contributed by atoms with Crippen molar-refractivity contribution in [1.82, 2.24) is 9.88 Å². The van der Waals surface area contributed by atoms with Crippen LogP contribution in [0.25, 0.3) is 11.3 Å². The van der Waals surface area contributed by atoms with E-state index in [1.54, 1.807) is 4.90 Å². The van der Waals surface area contributed by atoms with Gasteiger partial charge >= 0.3 is 0 Å². The molecule has 1 aliphatic rings. The molecule has 156 valence electrons. The molecule has 1 amide bonds. The summed E-state index contributed by atoms with van der Waals surface area (Å²) >= 11 is 1.45. The summed E-state index contributed by atoms with van der Waals surface area (Å²) in [7, 11) is 0. The molecule has 1 saturated heterocycles. The summed E-state index contributed by atoms with van der Waals surface area (Å²) in [4.78, 5) is 22.0. The van der Waals surface area contributed by atoms with Crippen LogP contribution in [0.5, 0.6) is 0 Å². The fraction of sp³-hybridized carbons (Fsp3) is 0.304. The molecule has 0 radical (unpaired) electrons. The molecule has 0 unspecified atom stereocenters. The van der Waals surface area contributed by atoms with E-state index >= 15 is 0 Å². The Hall–Kier alpha value is -2.61. The number of anilines is 1. The summed E-state index contributed by atoms with van der Waals surface area (Å²) in [5, 5.41) is 2.63. The summed E-state index contributed by atoms with van der Waals surface area (Å²) < 4.78 is 18.7. The number of benzene rings is 2. The number of hydrogen-bond acceptors (Lipinski definition) is 5. The molecule has 3 aromatic rings. The summed E-state index contributed by atoms with van der Waals surface area (Å²) in [5.74, 6) is -0.517. The summed E-state index contributed by atoms with van der Waals surface area (Å²) in [5.41, 5.74) is 2.32. The van der Waals surface area contributed by atoms with Crippen molar-refractivity contribution in [3.63, 3.8) is 0 Å². The van der Waals surface area contributed by atoms with Gasteiger partial charge in [0.1, 0.15) is 5.82 Å². The maximum atomic E-state index is 13.3. The Morgan fingerprint density at radius 3 is 2.57 bits per heavy atom. The van der Waals surface area contributed by atoms with Crippen LogP contribution in [0.3, 0.4) is 0 Å². The molecule has 4 rings (SSSR count). The number of aromatic nitrogens is 1. The Balaban J connectivity index is 1.52. The van der Waals surface area contributed by atoms with Crippen LogP contribution in [0.1, 0.15) is 16.8 Å². The Kier molecular flexibility index (Phi) is 6.84. The third kappa shape index (κ3) is 5.11. The maximum absolute atomic E-state index is 13.3. The van der Waals surface area contributed by atoms with E-state index in [4.69, 9.17) is 9.72 Å². The number of carbonyl (C=O) groups excluding carboxylic acids is 1. The first-order valence-corrected chi connectivity index (χ1v) is 11.0. The molecule has 0 saturated carbocycles. The van der Waals surface area contributed by atoms with E-state index < -0.39 is 0 Å². The second-order valence-electron chi connectivity index (χ2n) is 7.15. The van der Waals surface area contributed by atoms with Crippen molar-refractivity contribution in [1.29, 1.82) is 0 Å². The zero-order valence-corrected chi connectivity index (χ0v) is 17.5. The lowest BCUT2D eigenvalue weighted by Crippen LogP contribution is -2.39. The van der Waals surface area contributed by atoms with Gasteiger partial charge in [0.15, 0.2) is 5.13 Å². The topological polar surface area (TPSA) is 45.7 Å². The standard InChI is InChI=1S/C23H24FN3O2S/c24-20-9-7-19(8-10-20)22(28)27(12-4-11-26-13-15-29-16-14-26)23-25-21(17-30-23)18-5-2-1-3-6-18/h1-3,5-10,17H,4,11-16H2. The van der Waals surface area contributed by atoms with Crippen molar-refractivity contribution in [2.24, 2.45) is 0 Å². The molecule has 5 nitrogen and oxygen atoms in total. The van der Waals surface area contributed by atoms with E-state index in [1.165, 1.54) is 35.6 Å². The van der Waals surface area contributed by atoms with Crippen LogP contribution in [0.4, 0.5) is 9.52 Å². The number of halogens is 1. The van der Waals surface area contributed by atoms with Crippen molar-refractivity contribution in [3.05, 3.63) is 71.4 Å². The van der Waals surface area contributed by atoms with E-state index in [-0.39, 0.29) is 11.7 Å². The summed E-state index contributed by atoms with van der Waals surface area (Å²) in [6.07, 6.45) is 0.827. The molecule has 0 bridgehead atoms. The number of ether oxygens (including phenoxy) is 1. The van der Waals surface area contributed by atoms with Gasteiger partial charge in [0.05, 0.1) is 18.9 Å². The normalized spacial score (nSPS) is 14.6. The molecule has 7 heteroatoms. The smallest absolute Gasteiger partial charge is 0.260 e. The van der Waals surface area contributed by atoms with Gasteiger partial charge in [0.25, 0.3) is 5.91 Å². The van der Waals surface area contributed by atoms with Gasteiger partial charge in [-0.3, -0.25) is 14.6 Å². The number of rotatable bonds is 7. The van der Waals surface area contributed by atoms with Crippen molar-refractivity contribution in [2.75, 3.05) is 44.3 Å². The van der Waals surface area contributed by atoms with E-state index in [2.05, 4.69) is 4.90 Å². The number of morpholine rings is 1. The molecule has 2 heterocycles. The first-order chi connectivity index (χ1) is 14.7. The largest absolute Gasteiger partial charge is 0.379 e. The first-order valence-electron chi connectivity index (χ1n) is 10.1. The third-order valence-corrected chi connectivity index (χ3v) is 5.95. The van der Waals surface area contributed by atoms with E-state index in [0.29, 0.717) is 17.2 Å². The zero-order valence-electron chi connectivity index (χ0n) is 16.7. The molecule has 0 N–H and O–H groups in total. The van der Waals surface area contributed by atoms with Crippen LogP contribution < -0.4 is 4.90 Å². The molecular formula is C23H24FN3O2S. The van der Waals surface area contributed by atoms with E-state index in [1.807, 2.05) is 35.7 Å². The molecule has 1 fully saturated rings. The average Bonchev–Trinajstić information content (AvgIpc) is 3.28. The third-order valence-electron chi connectivity index (χ3n) is 5.09. The van der Waals surface area contributed by atoms with Crippen LogP contribution in [-0.4, -0.2) is 55.2 Å². The van der Waals surface area contributed by atoms with E-state index in [0.717, 1.165) is 50.5 Å². The molecule has 0 atom stereocenters. The lowest BCUT2D eigenvalue weighted by molar-refractivity contribution is 0.0376. The predicted molar refractivity (Wildman–Crippen MR) is 118 cm³/mol. The summed E-state index contributed by atoms with van der Waals surface area (Å²) in [6, 6.07) is 15.6. The molecule has 0 spiro atoms. The average molecular weight is 426 g/mol. The molecule has 1 aliphatic heterocycles. The van der Waals surface area contributed by atoms with Crippen LogP contribution >= 0.6 is 11.3 Å². The van der Waals surface area contributed by atoms with Crippen LogP contribution in [0.15, 0.2) is 60.0 Å². The number of hydrogen-bond donors (Lipinski definition) is 0. The molecule has 2 aromatic carbocycles. The van der Waals surface area contributed by atoms with Crippen molar-refractivity contribution in [2.45, 2.75) is 6.42 Å². The van der Waals surface area contributed by atoms with Crippen LogP contribution in [0.2, 0.25) is 0 Å². The Labute approximate surface area is 179 Å². The minimum atomic E-state index is -0.356. The van der Waals surface area contributed by atoms with E-state index in [9.17, 15) is 9.18 Å². The lowest BCUT2D eigenvalue weighted by Gasteiger charge is -2.27.